The van der Waals surface area contributed by atoms with Crippen molar-refractivity contribution in [1.29, 1.82) is 0 Å². The van der Waals surface area contributed by atoms with E-state index in [1.165, 1.54) is 22.2 Å². The Bertz CT molecular complexity index is 1070. The number of methoxy groups -OCH3 is 1. The summed E-state index contributed by atoms with van der Waals surface area (Å²) < 4.78 is 7.15. The van der Waals surface area contributed by atoms with Crippen LogP contribution in [0.3, 0.4) is 0 Å². The fourth-order valence-electron chi connectivity index (χ4n) is 3.24. The third-order valence-electron chi connectivity index (χ3n) is 4.92. The number of rotatable bonds is 10. The molecule has 3 aromatic rings. The second kappa shape index (κ2) is 11.3. The summed E-state index contributed by atoms with van der Waals surface area (Å²) in [6.45, 7) is 4.32. The highest BCUT2D eigenvalue weighted by atomic mass is 32.2. The molecule has 0 saturated heterocycles. The molecular weight excluding hydrogens is 426 g/mol. The monoisotopic (exact) mass is 453 g/mol. The number of likely N-dealkylation sites (N-methyl/N-ethyl adjacent to an activating group) is 1. The summed E-state index contributed by atoms with van der Waals surface area (Å²) in [5.74, 6) is 0.293. The summed E-state index contributed by atoms with van der Waals surface area (Å²) in [4.78, 5) is 26.8. The van der Waals surface area contributed by atoms with E-state index in [2.05, 4.69) is 28.5 Å². The van der Waals surface area contributed by atoms with Crippen LogP contribution in [0.2, 0.25) is 0 Å². The maximum atomic E-state index is 12.8. The molecule has 1 aromatic heterocycles. The first-order valence-electron chi connectivity index (χ1n) is 10.4. The number of anilines is 1. The zero-order chi connectivity index (χ0) is 22.9. The predicted octanol–water partition coefficient (Wildman–Crippen LogP) is 3.42. The standard InChI is InChI=1S/C23H27N5O3S/c1-4-17-10-6-8-12-19(17)28-16-24-26-23(28)32-15-22(30)27(5-2)14-21(29)25-18-11-7-9-13-20(18)31-3/h6-13,16H,4-5,14-15H2,1-3H3,(H,25,29). The Hall–Kier alpha value is -3.33. The van der Waals surface area contributed by atoms with Crippen LogP contribution in [0.5, 0.6) is 5.75 Å². The molecule has 2 amide bonds. The highest BCUT2D eigenvalue weighted by molar-refractivity contribution is 7.99. The second-order valence-corrected chi connectivity index (χ2v) is 7.85. The molecule has 1 N–H and O–H groups in total. The number of amides is 2. The van der Waals surface area contributed by atoms with E-state index in [9.17, 15) is 9.59 Å². The minimum Gasteiger partial charge on any atom is -0.495 e. The third-order valence-corrected chi connectivity index (χ3v) is 5.85. The molecule has 0 aliphatic heterocycles. The zero-order valence-corrected chi connectivity index (χ0v) is 19.3. The lowest BCUT2D eigenvalue weighted by Gasteiger charge is -2.20. The molecule has 0 atom stereocenters. The van der Waals surface area contributed by atoms with Crippen LogP contribution in [-0.4, -0.2) is 57.4 Å². The predicted molar refractivity (Wildman–Crippen MR) is 125 cm³/mol. The van der Waals surface area contributed by atoms with Gasteiger partial charge in [-0.3, -0.25) is 14.2 Å². The van der Waals surface area contributed by atoms with E-state index >= 15 is 0 Å². The van der Waals surface area contributed by atoms with E-state index in [4.69, 9.17) is 4.74 Å². The minimum absolute atomic E-state index is 0.0424. The van der Waals surface area contributed by atoms with Crippen molar-refractivity contribution < 1.29 is 14.3 Å². The lowest BCUT2D eigenvalue weighted by Crippen LogP contribution is -2.38. The number of hydrogen-bond acceptors (Lipinski definition) is 6. The molecular formula is C23H27N5O3S. The van der Waals surface area contributed by atoms with E-state index in [0.29, 0.717) is 23.1 Å². The number of thioether (sulfide) groups is 1. The molecule has 0 aliphatic carbocycles. The van der Waals surface area contributed by atoms with Gasteiger partial charge in [-0.05, 0) is 37.1 Å². The highest BCUT2D eigenvalue weighted by Crippen LogP contribution is 2.24. The first-order valence-corrected chi connectivity index (χ1v) is 11.4. The van der Waals surface area contributed by atoms with Crippen LogP contribution in [0.25, 0.3) is 5.69 Å². The number of aryl methyl sites for hydroxylation is 1. The summed E-state index contributed by atoms with van der Waals surface area (Å²) in [5, 5.41) is 11.6. The maximum Gasteiger partial charge on any atom is 0.244 e. The molecule has 0 bridgehead atoms. The number of aromatic nitrogens is 3. The molecule has 0 spiro atoms. The van der Waals surface area contributed by atoms with Gasteiger partial charge in [-0.15, -0.1) is 10.2 Å². The van der Waals surface area contributed by atoms with Crippen LogP contribution >= 0.6 is 11.8 Å². The van der Waals surface area contributed by atoms with Crippen molar-refractivity contribution in [3.05, 3.63) is 60.4 Å². The normalized spacial score (nSPS) is 10.6. The van der Waals surface area contributed by atoms with Gasteiger partial charge in [0, 0.05) is 6.54 Å². The SMILES string of the molecule is CCc1ccccc1-n1cnnc1SCC(=O)N(CC)CC(=O)Nc1ccccc1OC. The van der Waals surface area contributed by atoms with Crippen molar-refractivity contribution >= 4 is 29.3 Å². The molecule has 0 saturated carbocycles. The van der Waals surface area contributed by atoms with E-state index in [1.54, 1.807) is 25.6 Å². The molecule has 1 heterocycles. The Morgan fingerprint density at radius 3 is 2.62 bits per heavy atom. The van der Waals surface area contributed by atoms with Crippen molar-refractivity contribution in [2.75, 3.05) is 31.3 Å². The average molecular weight is 454 g/mol. The molecule has 9 heteroatoms. The number of carbonyl (C=O) groups is 2. The van der Waals surface area contributed by atoms with Gasteiger partial charge in [0.25, 0.3) is 0 Å². The van der Waals surface area contributed by atoms with E-state index in [0.717, 1.165) is 12.1 Å². The van der Waals surface area contributed by atoms with Crippen LogP contribution in [0, 0.1) is 0 Å². The summed E-state index contributed by atoms with van der Waals surface area (Å²) in [6, 6.07) is 15.2. The Labute approximate surface area is 192 Å². The number of hydrogen-bond donors (Lipinski definition) is 1. The molecule has 168 valence electrons. The number of nitrogens with one attached hydrogen (secondary N) is 1. The fraction of sp³-hybridized carbons (Fsp3) is 0.304. The second-order valence-electron chi connectivity index (χ2n) is 6.91. The third kappa shape index (κ3) is 5.67. The summed E-state index contributed by atoms with van der Waals surface area (Å²) >= 11 is 1.30. The summed E-state index contributed by atoms with van der Waals surface area (Å²) in [5.41, 5.74) is 2.74. The van der Waals surface area contributed by atoms with Crippen molar-refractivity contribution in [2.24, 2.45) is 0 Å². The van der Waals surface area contributed by atoms with Gasteiger partial charge in [0.1, 0.15) is 12.1 Å². The smallest absolute Gasteiger partial charge is 0.244 e. The fourth-order valence-corrected chi connectivity index (χ4v) is 4.06. The van der Waals surface area contributed by atoms with Crippen LogP contribution in [0.1, 0.15) is 19.4 Å². The molecule has 0 aliphatic rings. The lowest BCUT2D eigenvalue weighted by atomic mass is 10.1. The van der Waals surface area contributed by atoms with E-state index in [1.807, 2.05) is 41.8 Å². The van der Waals surface area contributed by atoms with Crippen molar-refractivity contribution in [2.45, 2.75) is 25.4 Å². The molecule has 8 nitrogen and oxygen atoms in total. The Balaban J connectivity index is 1.62. The van der Waals surface area contributed by atoms with Crippen LogP contribution in [0.15, 0.2) is 60.0 Å². The molecule has 0 radical (unpaired) electrons. The van der Waals surface area contributed by atoms with E-state index < -0.39 is 0 Å². The van der Waals surface area contributed by atoms with Crippen molar-refractivity contribution in [1.82, 2.24) is 19.7 Å². The largest absolute Gasteiger partial charge is 0.495 e. The summed E-state index contributed by atoms with van der Waals surface area (Å²) in [6.07, 6.45) is 2.53. The quantitative estimate of drug-likeness (QED) is 0.473. The van der Waals surface area contributed by atoms with Gasteiger partial charge >= 0.3 is 0 Å². The maximum absolute atomic E-state index is 12.8. The first kappa shape index (κ1) is 23.3. The Morgan fingerprint density at radius 1 is 1.12 bits per heavy atom. The molecule has 3 rings (SSSR count). The molecule has 0 fully saturated rings. The van der Waals surface area contributed by atoms with E-state index in [-0.39, 0.29) is 24.1 Å². The Morgan fingerprint density at radius 2 is 1.88 bits per heavy atom. The van der Waals surface area contributed by atoms with Gasteiger partial charge in [-0.25, -0.2) is 0 Å². The van der Waals surface area contributed by atoms with Gasteiger partial charge in [-0.2, -0.15) is 0 Å². The summed E-state index contributed by atoms with van der Waals surface area (Å²) in [7, 11) is 1.54. The van der Waals surface area contributed by atoms with Crippen molar-refractivity contribution in [3.8, 4) is 11.4 Å². The zero-order valence-electron chi connectivity index (χ0n) is 18.4. The Kier molecular flexibility index (Phi) is 8.27. The van der Waals surface area contributed by atoms with Crippen LogP contribution in [-0.2, 0) is 16.0 Å². The van der Waals surface area contributed by atoms with Gasteiger partial charge in [0.05, 0.1) is 30.8 Å². The number of para-hydroxylation sites is 3. The number of benzene rings is 2. The van der Waals surface area contributed by atoms with Gasteiger partial charge in [-0.1, -0.05) is 49.0 Å². The number of carbonyl (C=O) groups excluding carboxylic acids is 2. The minimum atomic E-state index is -0.283. The van der Waals surface area contributed by atoms with Gasteiger partial charge in [0.2, 0.25) is 11.8 Å². The number of ether oxygens (including phenoxy) is 1. The average Bonchev–Trinajstić information content (AvgIpc) is 3.29. The molecule has 32 heavy (non-hydrogen) atoms. The first-order chi connectivity index (χ1) is 15.6. The number of nitrogens with zero attached hydrogens (tertiary/aromatic N) is 4. The molecule has 2 aromatic carbocycles. The van der Waals surface area contributed by atoms with Crippen molar-refractivity contribution in [3.63, 3.8) is 0 Å². The topological polar surface area (TPSA) is 89.4 Å². The lowest BCUT2D eigenvalue weighted by molar-refractivity contribution is -0.132. The van der Waals surface area contributed by atoms with Crippen LogP contribution < -0.4 is 10.1 Å². The highest BCUT2D eigenvalue weighted by Gasteiger charge is 2.19. The van der Waals surface area contributed by atoms with Crippen LogP contribution in [0.4, 0.5) is 5.69 Å². The van der Waals surface area contributed by atoms with Gasteiger partial charge < -0.3 is 15.0 Å². The van der Waals surface area contributed by atoms with Gasteiger partial charge in [0.15, 0.2) is 5.16 Å². The molecule has 0 unspecified atom stereocenters.